The lowest BCUT2D eigenvalue weighted by atomic mass is 9.89. The Kier molecular flexibility index (Phi) is 4.71. The number of amides is 1. The van der Waals surface area contributed by atoms with Crippen molar-refractivity contribution in [1.29, 1.82) is 0 Å². The maximum atomic E-state index is 12.6. The van der Waals surface area contributed by atoms with E-state index in [4.69, 9.17) is 9.47 Å². The lowest BCUT2D eigenvalue weighted by molar-refractivity contribution is -0.124. The fraction of sp³-hybridized carbons (Fsp3) is 0.292. The van der Waals surface area contributed by atoms with Crippen LogP contribution in [0.3, 0.4) is 0 Å². The summed E-state index contributed by atoms with van der Waals surface area (Å²) in [5.74, 6) is 1.39. The fourth-order valence-electron chi connectivity index (χ4n) is 3.74. The first-order valence-corrected chi connectivity index (χ1v) is 9.60. The molecule has 0 aliphatic carbocycles. The number of carbonyl (C=O) groups excluding carboxylic acids is 1. The maximum absolute atomic E-state index is 12.6. The lowest BCUT2D eigenvalue weighted by Gasteiger charge is -2.38. The predicted octanol–water partition coefficient (Wildman–Crippen LogP) is 4.95. The minimum absolute atomic E-state index is 0.0166. The summed E-state index contributed by atoms with van der Waals surface area (Å²) in [6.45, 7) is 6.11. The van der Waals surface area contributed by atoms with Crippen LogP contribution in [0.5, 0.6) is 11.5 Å². The standard InChI is InChI=1S/C24H25NO3/c1-16-8-11-22-20(12-16)21(14-24(2,3)28-22)25-23(26)15-27-19-10-9-17-6-4-5-7-18(17)13-19/h4-13,21H,14-15H2,1-3H3,(H,25,26). The Hall–Kier alpha value is -3.01. The van der Waals surface area contributed by atoms with Crippen molar-refractivity contribution < 1.29 is 14.3 Å². The third-order valence-electron chi connectivity index (χ3n) is 5.05. The van der Waals surface area contributed by atoms with Crippen molar-refractivity contribution >= 4 is 16.7 Å². The molecule has 4 nitrogen and oxygen atoms in total. The van der Waals surface area contributed by atoms with Crippen LogP contribution in [0.15, 0.2) is 60.7 Å². The van der Waals surface area contributed by atoms with E-state index in [1.54, 1.807) is 0 Å². The molecule has 0 saturated carbocycles. The molecule has 0 fully saturated rings. The van der Waals surface area contributed by atoms with Crippen molar-refractivity contribution in [3.8, 4) is 11.5 Å². The second-order valence-electron chi connectivity index (χ2n) is 8.02. The number of ether oxygens (including phenoxy) is 2. The largest absolute Gasteiger partial charge is 0.487 e. The van der Waals surface area contributed by atoms with Gasteiger partial charge in [-0.25, -0.2) is 0 Å². The van der Waals surface area contributed by atoms with Crippen LogP contribution in [0.25, 0.3) is 10.8 Å². The van der Waals surface area contributed by atoms with Gasteiger partial charge in [0.05, 0.1) is 6.04 Å². The number of hydrogen-bond acceptors (Lipinski definition) is 3. The normalized spacial score (nSPS) is 17.5. The molecular weight excluding hydrogens is 350 g/mol. The van der Waals surface area contributed by atoms with E-state index < -0.39 is 0 Å². The van der Waals surface area contributed by atoms with Crippen molar-refractivity contribution in [2.45, 2.75) is 38.8 Å². The van der Waals surface area contributed by atoms with Crippen molar-refractivity contribution in [1.82, 2.24) is 5.32 Å². The predicted molar refractivity (Wildman–Crippen MR) is 111 cm³/mol. The molecule has 1 amide bonds. The molecule has 3 aromatic rings. The van der Waals surface area contributed by atoms with Gasteiger partial charge < -0.3 is 14.8 Å². The van der Waals surface area contributed by atoms with Gasteiger partial charge in [-0.2, -0.15) is 0 Å². The highest BCUT2D eigenvalue weighted by Gasteiger charge is 2.34. The van der Waals surface area contributed by atoms with Crippen LogP contribution >= 0.6 is 0 Å². The molecule has 1 aliphatic rings. The third-order valence-corrected chi connectivity index (χ3v) is 5.05. The van der Waals surface area contributed by atoms with Crippen LogP contribution in [0.1, 0.15) is 37.4 Å². The summed E-state index contributed by atoms with van der Waals surface area (Å²) in [4.78, 5) is 12.6. The van der Waals surface area contributed by atoms with Crippen LogP contribution in [0.4, 0.5) is 0 Å². The van der Waals surface area contributed by atoms with Crippen molar-refractivity contribution in [3.05, 3.63) is 71.8 Å². The topological polar surface area (TPSA) is 47.6 Å². The number of fused-ring (bicyclic) bond motifs is 2. The number of aryl methyl sites for hydroxylation is 1. The van der Waals surface area contributed by atoms with E-state index >= 15 is 0 Å². The minimum atomic E-state index is -0.334. The highest BCUT2D eigenvalue weighted by Crippen LogP contribution is 2.39. The van der Waals surface area contributed by atoms with Gasteiger partial charge in [0.25, 0.3) is 5.91 Å². The van der Waals surface area contributed by atoms with Crippen molar-refractivity contribution in [2.75, 3.05) is 6.61 Å². The molecule has 28 heavy (non-hydrogen) atoms. The van der Waals surface area contributed by atoms with Gasteiger partial charge in [-0.15, -0.1) is 0 Å². The summed E-state index contributed by atoms with van der Waals surface area (Å²) < 4.78 is 11.8. The van der Waals surface area contributed by atoms with Crippen LogP contribution in [-0.4, -0.2) is 18.1 Å². The first-order valence-electron chi connectivity index (χ1n) is 9.60. The van der Waals surface area contributed by atoms with E-state index in [0.29, 0.717) is 12.2 Å². The molecule has 0 aromatic heterocycles. The zero-order valence-electron chi connectivity index (χ0n) is 16.5. The number of nitrogens with one attached hydrogen (secondary N) is 1. The Bertz CT molecular complexity index is 1030. The van der Waals surface area contributed by atoms with Gasteiger partial charge in [0.15, 0.2) is 6.61 Å². The molecular formula is C24H25NO3. The monoisotopic (exact) mass is 375 g/mol. The molecule has 1 unspecified atom stereocenters. The van der Waals surface area contributed by atoms with E-state index in [1.807, 2.05) is 69.3 Å². The van der Waals surface area contributed by atoms with Gasteiger partial charge in [0.1, 0.15) is 17.1 Å². The van der Waals surface area contributed by atoms with Crippen molar-refractivity contribution in [3.63, 3.8) is 0 Å². The van der Waals surface area contributed by atoms with E-state index in [2.05, 4.69) is 17.4 Å². The first kappa shape index (κ1) is 18.4. The van der Waals surface area contributed by atoms with Crippen LogP contribution in [0, 0.1) is 6.92 Å². The quantitative estimate of drug-likeness (QED) is 0.702. The molecule has 0 saturated heterocycles. The molecule has 1 heterocycles. The summed E-state index contributed by atoms with van der Waals surface area (Å²) in [5, 5.41) is 5.36. The minimum Gasteiger partial charge on any atom is -0.487 e. The van der Waals surface area contributed by atoms with E-state index in [-0.39, 0.29) is 24.2 Å². The number of hydrogen-bond donors (Lipinski definition) is 1. The Balaban J connectivity index is 1.45. The van der Waals surface area contributed by atoms with Gasteiger partial charge in [-0.05, 0) is 49.7 Å². The summed E-state index contributed by atoms with van der Waals surface area (Å²) in [5.41, 5.74) is 1.84. The smallest absolute Gasteiger partial charge is 0.258 e. The zero-order valence-corrected chi connectivity index (χ0v) is 16.5. The average Bonchev–Trinajstić information content (AvgIpc) is 2.66. The molecule has 1 aliphatic heterocycles. The summed E-state index contributed by atoms with van der Waals surface area (Å²) in [6.07, 6.45) is 0.713. The Morgan fingerprint density at radius 3 is 2.71 bits per heavy atom. The van der Waals surface area contributed by atoms with Crippen molar-refractivity contribution in [2.24, 2.45) is 0 Å². The van der Waals surface area contributed by atoms with Gasteiger partial charge in [0.2, 0.25) is 0 Å². The van der Waals surface area contributed by atoms with Crippen LogP contribution < -0.4 is 14.8 Å². The molecule has 1 N–H and O–H groups in total. The van der Waals surface area contributed by atoms with E-state index in [1.165, 1.54) is 0 Å². The van der Waals surface area contributed by atoms with Gasteiger partial charge >= 0.3 is 0 Å². The van der Waals surface area contributed by atoms with E-state index in [9.17, 15) is 4.79 Å². The molecule has 0 spiro atoms. The highest BCUT2D eigenvalue weighted by atomic mass is 16.5. The maximum Gasteiger partial charge on any atom is 0.258 e. The number of rotatable bonds is 4. The third kappa shape index (κ3) is 3.96. The summed E-state index contributed by atoms with van der Waals surface area (Å²) >= 11 is 0. The highest BCUT2D eigenvalue weighted by molar-refractivity contribution is 5.84. The molecule has 0 bridgehead atoms. The van der Waals surface area contributed by atoms with Gasteiger partial charge in [0, 0.05) is 12.0 Å². The Morgan fingerprint density at radius 2 is 1.89 bits per heavy atom. The lowest BCUT2D eigenvalue weighted by Crippen LogP contribution is -2.42. The Labute approximate surface area is 165 Å². The molecule has 4 heteroatoms. The Morgan fingerprint density at radius 1 is 1.11 bits per heavy atom. The van der Waals surface area contributed by atoms with E-state index in [0.717, 1.165) is 27.6 Å². The molecule has 3 aromatic carbocycles. The molecule has 1 atom stereocenters. The number of benzene rings is 3. The fourth-order valence-corrected chi connectivity index (χ4v) is 3.74. The molecule has 4 rings (SSSR count). The zero-order chi connectivity index (χ0) is 19.7. The van der Waals surface area contributed by atoms with Crippen LogP contribution in [-0.2, 0) is 4.79 Å². The SMILES string of the molecule is Cc1ccc2c(c1)C(NC(=O)COc1ccc3ccccc3c1)CC(C)(C)O2. The first-order chi connectivity index (χ1) is 13.4. The van der Waals surface area contributed by atoms with Crippen LogP contribution in [0.2, 0.25) is 0 Å². The van der Waals surface area contributed by atoms with Gasteiger partial charge in [-0.1, -0.05) is 48.0 Å². The summed E-state index contributed by atoms with van der Waals surface area (Å²) in [6, 6.07) is 19.9. The second-order valence-corrected chi connectivity index (χ2v) is 8.02. The summed E-state index contributed by atoms with van der Waals surface area (Å²) in [7, 11) is 0. The number of carbonyl (C=O) groups is 1. The molecule has 144 valence electrons. The average molecular weight is 375 g/mol. The second kappa shape index (κ2) is 7.19. The van der Waals surface area contributed by atoms with Gasteiger partial charge in [-0.3, -0.25) is 4.79 Å². The molecule has 0 radical (unpaired) electrons.